The van der Waals surface area contributed by atoms with E-state index in [0.29, 0.717) is 6.42 Å². The number of halogens is 1. The zero-order valence-electron chi connectivity index (χ0n) is 16.9. The van der Waals surface area contributed by atoms with E-state index in [1.165, 1.54) is 31.2 Å². The maximum absolute atomic E-state index is 12.6. The second kappa shape index (κ2) is 9.94. The number of amides is 1. The van der Waals surface area contributed by atoms with Gasteiger partial charge in [0.1, 0.15) is 0 Å². The van der Waals surface area contributed by atoms with Crippen LogP contribution in [0, 0.1) is 11.8 Å². The van der Waals surface area contributed by atoms with E-state index in [-0.39, 0.29) is 29.9 Å². The number of hydrogen-bond acceptors (Lipinski definition) is 2. The van der Waals surface area contributed by atoms with Crippen molar-refractivity contribution < 1.29 is 4.79 Å². The maximum Gasteiger partial charge on any atom is 0.227 e. The smallest absolute Gasteiger partial charge is 0.227 e. The van der Waals surface area contributed by atoms with E-state index >= 15 is 0 Å². The number of hydrogen-bond donors (Lipinski definition) is 1. The molecule has 1 aromatic rings. The molecule has 1 saturated heterocycles. The van der Waals surface area contributed by atoms with Gasteiger partial charge in [0.25, 0.3) is 0 Å². The molecule has 1 saturated carbocycles. The Kier molecular flexibility index (Phi) is 7.60. The minimum atomic E-state index is 0. The summed E-state index contributed by atoms with van der Waals surface area (Å²) in [7, 11) is 1.87. The summed E-state index contributed by atoms with van der Waals surface area (Å²) >= 11 is 0. The number of fused-ring (bicyclic) bond motifs is 2. The van der Waals surface area contributed by atoms with Crippen LogP contribution < -0.4 is 10.2 Å². The highest BCUT2D eigenvalue weighted by Crippen LogP contribution is 2.36. The van der Waals surface area contributed by atoms with Gasteiger partial charge < -0.3 is 15.1 Å². The highest BCUT2D eigenvalue weighted by Gasteiger charge is 2.35. The summed E-state index contributed by atoms with van der Waals surface area (Å²) < 4.78 is 0. The molecular weight excluding hydrogens is 463 g/mol. The monoisotopic (exact) mass is 496 g/mol. The molecule has 0 bridgehead atoms. The second-order valence-electron chi connectivity index (χ2n) is 8.21. The molecule has 2 aliphatic heterocycles. The molecule has 2 heterocycles. The van der Waals surface area contributed by atoms with E-state index in [1.807, 2.05) is 18.0 Å². The largest absolute Gasteiger partial charge is 0.356 e. The van der Waals surface area contributed by atoms with E-state index in [4.69, 9.17) is 0 Å². The fourth-order valence-electron chi connectivity index (χ4n) is 5.08. The third-order valence-corrected chi connectivity index (χ3v) is 6.53. The van der Waals surface area contributed by atoms with Crippen LogP contribution in [0.15, 0.2) is 29.3 Å². The van der Waals surface area contributed by atoms with Gasteiger partial charge in [-0.15, -0.1) is 24.0 Å². The number of benzene rings is 1. The van der Waals surface area contributed by atoms with Gasteiger partial charge in [0, 0.05) is 45.3 Å². The number of para-hydroxylation sites is 1. The van der Waals surface area contributed by atoms with Crippen LogP contribution in [0.1, 0.15) is 44.1 Å². The molecule has 0 radical (unpaired) electrons. The fraction of sp³-hybridized carbons (Fsp3) is 0.636. The molecule has 0 aromatic heterocycles. The zero-order chi connectivity index (χ0) is 18.6. The molecule has 4 rings (SSSR count). The lowest BCUT2D eigenvalue weighted by atomic mass is 9.82. The minimum Gasteiger partial charge on any atom is -0.356 e. The first-order chi connectivity index (χ1) is 13.3. The summed E-state index contributed by atoms with van der Waals surface area (Å²) in [5.74, 6) is 2.97. The van der Waals surface area contributed by atoms with Crippen molar-refractivity contribution in [1.29, 1.82) is 0 Å². The van der Waals surface area contributed by atoms with Crippen molar-refractivity contribution in [3.8, 4) is 0 Å². The second-order valence-corrected chi connectivity index (χ2v) is 8.21. The standard InChI is InChI=1S/C22H32N4O.HI/c1-23-22(25-15-18-8-2-3-9-19(18)16-25)24-13-6-11-21(27)26-14-12-17-7-4-5-10-20(17)26;/h4-5,7,10,18-19H,2-3,6,8-9,11-16H2,1H3,(H,23,24);1H. The fourth-order valence-corrected chi connectivity index (χ4v) is 5.08. The number of carbonyl (C=O) groups is 1. The number of anilines is 1. The SMILES string of the molecule is CN=C(NCCCC(=O)N1CCc2ccccc21)N1CC2CCCCC2C1.I. The molecule has 2 fully saturated rings. The summed E-state index contributed by atoms with van der Waals surface area (Å²) in [4.78, 5) is 21.5. The van der Waals surface area contributed by atoms with Crippen LogP contribution in [0.5, 0.6) is 0 Å². The van der Waals surface area contributed by atoms with E-state index in [2.05, 4.69) is 33.4 Å². The van der Waals surface area contributed by atoms with Gasteiger partial charge in [-0.2, -0.15) is 0 Å². The predicted octanol–water partition coefficient (Wildman–Crippen LogP) is 3.67. The van der Waals surface area contributed by atoms with Crippen molar-refractivity contribution in [3.63, 3.8) is 0 Å². The average molecular weight is 496 g/mol. The lowest BCUT2D eigenvalue weighted by Crippen LogP contribution is -2.41. The Morgan fingerprint density at radius 2 is 1.89 bits per heavy atom. The van der Waals surface area contributed by atoms with Crippen LogP contribution in [0.25, 0.3) is 0 Å². The van der Waals surface area contributed by atoms with Crippen LogP contribution in [-0.4, -0.2) is 50.0 Å². The van der Waals surface area contributed by atoms with Gasteiger partial charge in [-0.1, -0.05) is 31.0 Å². The Hall–Kier alpha value is -1.31. The van der Waals surface area contributed by atoms with E-state index in [0.717, 1.165) is 62.5 Å². The number of nitrogens with zero attached hydrogens (tertiary/aromatic N) is 3. The van der Waals surface area contributed by atoms with Gasteiger partial charge >= 0.3 is 0 Å². The molecule has 2 unspecified atom stereocenters. The van der Waals surface area contributed by atoms with Gasteiger partial charge in [0.15, 0.2) is 5.96 Å². The van der Waals surface area contributed by atoms with Gasteiger partial charge in [0.2, 0.25) is 5.91 Å². The van der Waals surface area contributed by atoms with E-state index < -0.39 is 0 Å². The van der Waals surface area contributed by atoms with Gasteiger partial charge in [0.05, 0.1) is 0 Å². The van der Waals surface area contributed by atoms with Gasteiger partial charge in [-0.05, 0) is 49.1 Å². The molecule has 6 heteroatoms. The van der Waals surface area contributed by atoms with E-state index in [1.54, 1.807) is 0 Å². The minimum absolute atomic E-state index is 0. The van der Waals surface area contributed by atoms with Crippen molar-refractivity contribution >= 4 is 41.5 Å². The number of nitrogens with one attached hydrogen (secondary N) is 1. The number of likely N-dealkylation sites (tertiary alicyclic amines) is 1. The predicted molar refractivity (Wildman–Crippen MR) is 126 cm³/mol. The topological polar surface area (TPSA) is 47.9 Å². The molecule has 28 heavy (non-hydrogen) atoms. The third kappa shape index (κ3) is 4.63. The summed E-state index contributed by atoms with van der Waals surface area (Å²) in [6, 6.07) is 8.26. The number of aliphatic imine (C=N–C) groups is 1. The molecular formula is C22H33IN4O. The highest BCUT2D eigenvalue weighted by molar-refractivity contribution is 14.0. The van der Waals surface area contributed by atoms with Crippen LogP contribution in [-0.2, 0) is 11.2 Å². The molecule has 1 aliphatic carbocycles. The summed E-state index contributed by atoms with van der Waals surface area (Å²) in [5.41, 5.74) is 2.39. The van der Waals surface area contributed by atoms with Gasteiger partial charge in [-0.3, -0.25) is 9.79 Å². The van der Waals surface area contributed by atoms with Crippen molar-refractivity contribution in [2.24, 2.45) is 16.8 Å². The molecule has 1 amide bonds. The first-order valence-electron chi connectivity index (χ1n) is 10.6. The normalized spacial score (nSPS) is 23.8. The number of rotatable bonds is 4. The number of guanidine groups is 1. The van der Waals surface area contributed by atoms with Crippen molar-refractivity contribution in [1.82, 2.24) is 10.2 Å². The van der Waals surface area contributed by atoms with Crippen LogP contribution in [0.4, 0.5) is 5.69 Å². The van der Waals surface area contributed by atoms with Crippen LogP contribution >= 0.6 is 24.0 Å². The Morgan fingerprint density at radius 3 is 2.61 bits per heavy atom. The molecule has 5 nitrogen and oxygen atoms in total. The Bertz CT molecular complexity index is 694. The molecule has 1 N–H and O–H groups in total. The molecule has 1 aromatic carbocycles. The number of carbonyl (C=O) groups excluding carboxylic acids is 1. The van der Waals surface area contributed by atoms with Crippen molar-refractivity contribution in [2.45, 2.75) is 44.9 Å². The first-order valence-corrected chi connectivity index (χ1v) is 10.6. The lowest BCUT2D eigenvalue weighted by Gasteiger charge is -2.22. The maximum atomic E-state index is 12.6. The third-order valence-electron chi connectivity index (χ3n) is 6.53. The molecule has 2 atom stereocenters. The Labute approximate surface area is 186 Å². The Balaban J connectivity index is 0.00000225. The molecule has 3 aliphatic rings. The first kappa shape index (κ1) is 21.4. The molecule has 154 valence electrons. The summed E-state index contributed by atoms with van der Waals surface area (Å²) in [6.07, 6.45) is 7.95. The van der Waals surface area contributed by atoms with Crippen molar-refractivity contribution in [3.05, 3.63) is 29.8 Å². The van der Waals surface area contributed by atoms with Crippen LogP contribution in [0.2, 0.25) is 0 Å². The zero-order valence-corrected chi connectivity index (χ0v) is 19.2. The van der Waals surface area contributed by atoms with Gasteiger partial charge in [-0.25, -0.2) is 0 Å². The Morgan fingerprint density at radius 1 is 1.18 bits per heavy atom. The van der Waals surface area contributed by atoms with E-state index in [9.17, 15) is 4.79 Å². The lowest BCUT2D eigenvalue weighted by molar-refractivity contribution is -0.118. The summed E-state index contributed by atoms with van der Waals surface area (Å²) in [6.45, 7) is 3.92. The highest BCUT2D eigenvalue weighted by atomic mass is 127. The summed E-state index contributed by atoms with van der Waals surface area (Å²) in [5, 5.41) is 3.49. The quantitative estimate of drug-likeness (QED) is 0.300. The molecule has 0 spiro atoms. The average Bonchev–Trinajstić information content (AvgIpc) is 3.32. The van der Waals surface area contributed by atoms with Crippen molar-refractivity contribution in [2.75, 3.05) is 38.1 Å². The van der Waals surface area contributed by atoms with Crippen LogP contribution in [0.3, 0.4) is 0 Å².